The number of aromatic amines is 1. The average Bonchev–Trinajstić information content (AvgIpc) is 2.44. The number of ether oxygens (including phenoxy) is 1. The van der Waals surface area contributed by atoms with Crippen molar-refractivity contribution < 1.29 is 14.3 Å². The van der Waals surface area contributed by atoms with Gasteiger partial charge in [-0.2, -0.15) is 5.26 Å². The molecule has 2 N–H and O–H groups in total. The number of nitriles is 1. The maximum Gasteiger partial charge on any atom is 0.344 e. The van der Waals surface area contributed by atoms with Crippen LogP contribution >= 0.6 is 0 Å². The summed E-state index contributed by atoms with van der Waals surface area (Å²) in [5, 5.41) is 11.6. The van der Waals surface area contributed by atoms with Crippen LogP contribution in [-0.2, 0) is 9.53 Å². The van der Waals surface area contributed by atoms with E-state index in [2.05, 4.69) is 10.3 Å². The highest BCUT2D eigenvalue weighted by Crippen LogP contribution is 2.14. The summed E-state index contributed by atoms with van der Waals surface area (Å²) in [5.74, 6) is -1.61. The summed E-state index contributed by atoms with van der Waals surface area (Å²) in [6.07, 6.45) is 1.38. The van der Waals surface area contributed by atoms with Crippen LogP contribution in [0.5, 0.6) is 0 Å². The molecule has 112 valence electrons. The Balaban J connectivity index is 2.62. The van der Waals surface area contributed by atoms with Crippen LogP contribution in [-0.4, -0.2) is 29.0 Å². The number of amides is 1. The first-order valence-corrected chi connectivity index (χ1v) is 6.37. The molecule has 0 fully saturated rings. The van der Waals surface area contributed by atoms with E-state index in [1.54, 1.807) is 20.8 Å². The van der Waals surface area contributed by atoms with E-state index in [1.165, 1.54) is 18.3 Å². The lowest BCUT2D eigenvalue weighted by Crippen LogP contribution is -2.50. The van der Waals surface area contributed by atoms with Crippen LogP contribution in [0.2, 0.25) is 0 Å². The third-order valence-corrected chi connectivity index (χ3v) is 3.16. The van der Waals surface area contributed by atoms with Gasteiger partial charge in [-0.15, -0.1) is 0 Å². The Bertz CT molecular complexity index is 630. The lowest BCUT2D eigenvalue weighted by molar-refractivity contribution is -0.125. The lowest BCUT2D eigenvalue weighted by Gasteiger charge is -2.27. The van der Waals surface area contributed by atoms with Crippen LogP contribution in [0.4, 0.5) is 0 Å². The predicted octanol–water partition coefficient (Wildman–Crippen LogP) is 0.586. The van der Waals surface area contributed by atoms with E-state index in [-0.39, 0.29) is 11.5 Å². The number of rotatable bonds is 5. The molecular weight excluding hydrogens is 274 g/mol. The van der Waals surface area contributed by atoms with Crippen molar-refractivity contribution in [2.45, 2.75) is 26.3 Å². The number of esters is 1. The molecule has 1 heterocycles. The fourth-order valence-corrected chi connectivity index (χ4v) is 1.42. The van der Waals surface area contributed by atoms with Crippen molar-refractivity contribution in [3.05, 3.63) is 34.2 Å². The molecule has 1 amide bonds. The normalized spacial score (nSPS) is 13.1. The van der Waals surface area contributed by atoms with Crippen LogP contribution in [0.1, 0.15) is 31.1 Å². The van der Waals surface area contributed by atoms with Gasteiger partial charge in [0, 0.05) is 6.20 Å². The molecule has 1 atom stereocenters. The Kier molecular flexibility index (Phi) is 5.24. The SMILES string of the molecule is CC(C)[C@@](C)(C#N)NC(=O)COC(=O)c1ccc[nH]c1=O. The number of pyridine rings is 1. The highest BCUT2D eigenvalue weighted by Gasteiger charge is 2.30. The second-order valence-electron chi connectivity index (χ2n) is 5.01. The van der Waals surface area contributed by atoms with Gasteiger partial charge in [-0.3, -0.25) is 9.59 Å². The summed E-state index contributed by atoms with van der Waals surface area (Å²) >= 11 is 0. The standard InChI is InChI=1S/C14H17N3O4/c1-9(2)14(3,8-15)17-11(18)7-21-13(20)10-5-4-6-16-12(10)19/h4-6,9H,7H2,1-3H3,(H,16,19)(H,17,18)/t14-/m1/s1. The van der Waals surface area contributed by atoms with Gasteiger partial charge in [0.25, 0.3) is 11.5 Å². The Morgan fingerprint density at radius 1 is 1.52 bits per heavy atom. The number of H-pyrrole nitrogens is 1. The molecular formula is C14H17N3O4. The van der Waals surface area contributed by atoms with Crippen molar-refractivity contribution in [3.63, 3.8) is 0 Å². The first kappa shape index (κ1) is 16.4. The molecule has 0 radical (unpaired) electrons. The van der Waals surface area contributed by atoms with Crippen LogP contribution in [0, 0.1) is 17.2 Å². The molecule has 1 aromatic heterocycles. The molecule has 7 heteroatoms. The minimum atomic E-state index is -1.05. The topological polar surface area (TPSA) is 112 Å². The summed E-state index contributed by atoms with van der Waals surface area (Å²) in [6, 6.07) is 4.78. The van der Waals surface area contributed by atoms with Crippen LogP contribution in [0.25, 0.3) is 0 Å². The Morgan fingerprint density at radius 3 is 2.71 bits per heavy atom. The predicted molar refractivity (Wildman–Crippen MR) is 74.3 cm³/mol. The average molecular weight is 291 g/mol. The van der Waals surface area contributed by atoms with Gasteiger partial charge in [-0.05, 0) is 25.0 Å². The van der Waals surface area contributed by atoms with Crippen molar-refractivity contribution in [1.29, 1.82) is 5.26 Å². The summed E-state index contributed by atoms with van der Waals surface area (Å²) in [5.41, 5.74) is -1.82. The molecule has 0 spiro atoms. The van der Waals surface area contributed by atoms with E-state index in [0.29, 0.717) is 0 Å². The minimum absolute atomic E-state index is 0.112. The van der Waals surface area contributed by atoms with Gasteiger partial charge in [0.2, 0.25) is 0 Å². The van der Waals surface area contributed by atoms with Gasteiger partial charge >= 0.3 is 5.97 Å². The summed E-state index contributed by atoms with van der Waals surface area (Å²) in [4.78, 5) is 37.1. The van der Waals surface area contributed by atoms with E-state index < -0.39 is 29.6 Å². The molecule has 0 saturated carbocycles. The Labute approximate surface area is 121 Å². The molecule has 0 aromatic carbocycles. The third kappa shape index (κ3) is 4.18. The minimum Gasteiger partial charge on any atom is -0.452 e. The molecule has 0 saturated heterocycles. The summed E-state index contributed by atoms with van der Waals surface area (Å²) in [6.45, 7) is 4.61. The van der Waals surface area contributed by atoms with Gasteiger partial charge < -0.3 is 15.0 Å². The zero-order valence-electron chi connectivity index (χ0n) is 12.1. The lowest BCUT2D eigenvalue weighted by atomic mass is 9.90. The van der Waals surface area contributed by atoms with Crippen molar-refractivity contribution in [1.82, 2.24) is 10.3 Å². The first-order chi connectivity index (χ1) is 9.80. The number of carbonyl (C=O) groups excluding carboxylic acids is 2. The van der Waals surface area contributed by atoms with Gasteiger partial charge in [0.1, 0.15) is 11.1 Å². The third-order valence-electron chi connectivity index (χ3n) is 3.16. The van der Waals surface area contributed by atoms with Crippen molar-refractivity contribution in [2.24, 2.45) is 5.92 Å². The smallest absolute Gasteiger partial charge is 0.344 e. The maximum atomic E-state index is 11.7. The molecule has 1 rings (SSSR count). The monoisotopic (exact) mass is 291 g/mol. The molecule has 0 aliphatic heterocycles. The van der Waals surface area contributed by atoms with Gasteiger partial charge in [-0.25, -0.2) is 4.79 Å². The van der Waals surface area contributed by atoms with Crippen LogP contribution < -0.4 is 10.9 Å². The molecule has 0 unspecified atom stereocenters. The number of nitrogens with zero attached hydrogens (tertiary/aromatic N) is 1. The van der Waals surface area contributed by atoms with Gasteiger partial charge in [0.15, 0.2) is 6.61 Å². The van der Waals surface area contributed by atoms with Crippen molar-refractivity contribution in [3.8, 4) is 6.07 Å². The molecule has 7 nitrogen and oxygen atoms in total. The Hall–Kier alpha value is -2.62. The van der Waals surface area contributed by atoms with Gasteiger partial charge in [-0.1, -0.05) is 13.8 Å². The molecule has 0 aliphatic rings. The number of aromatic nitrogens is 1. The number of nitrogens with one attached hydrogen (secondary N) is 2. The quantitative estimate of drug-likeness (QED) is 0.771. The summed E-state index contributed by atoms with van der Waals surface area (Å²) < 4.78 is 4.76. The van der Waals surface area contributed by atoms with Gasteiger partial charge in [0.05, 0.1) is 6.07 Å². The molecule has 1 aromatic rings. The zero-order chi connectivity index (χ0) is 16.0. The van der Waals surface area contributed by atoms with Crippen molar-refractivity contribution in [2.75, 3.05) is 6.61 Å². The summed E-state index contributed by atoms with van der Waals surface area (Å²) in [7, 11) is 0. The fourth-order valence-electron chi connectivity index (χ4n) is 1.42. The van der Waals surface area contributed by atoms with Crippen LogP contribution in [0.3, 0.4) is 0 Å². The van der Waals surface area contributed by atoms with Crippen LogP contribution in [0.15, 0.2) is 23.1 Å². The number of hydrogen-bond donors (Lipinski definition) is 2. The Morgan fingerprint density at radius 2 is 2.19 bits per heavy atom. The van der Waals surface area contributed by atoms with E-state index in [9.17, 15) is 14.4 Å². The van der Waals surface area contributed by atoms with Crippen molar-refractivity contribution >= 4 is 11.9 Å². The van der Waals surface area contributed by atoms with E-state index >= 15 is 0 Å². The highest BCUT2D eigenvalue weighted by atomic mass is 16.5. The second kappa shape index (κ2) is 6.70. The highest BCUT2D eigenvalue weighted by molar-refractivity contribution is 5.91. The van der Waals surface area contributed by atoms with E-state index in [1.807, 2.05) is 6.07 Å². The maximum absolute atomic E-state index is 11.7. The first-order valence-electron chi connectivity index (χ1n) is 6.37. The zero-order valence-corrected chi connectivity index (χ0v) is 12.1. The molecule has 21 heavy (non-hydrogen) atoms. The van der Waals surface area contributed by atoms with E-state index in [0.717, 1.165) is 0 Å². The molecule has 0 bridgehead atoms. The number of carbonyl (C=O) groups is 2. The number of hydrogen-bond acceptors (Lipinski definition) is 5. The molecule has 0 aliphatic carbocycles. The van der Waals surface area contributed by atoms with E-state index in [4.69, 9.17) is 10.00 Å². The largest absolute Gasteiger partial charge is 0.452 e. The second-order valence-corrected chi connectivity index (χ2v) is 5.01. The fraction of sp³-hybridized carbons (Fsp3) is 0.429.